The van der Waals surface area contributed by atoms with Gasteiger partial charge in [-0.1, -0.05) is 26.5 Å². The van der Waals surface area contributed by atoms with E-state index < -0.39 is 0 Å². The molecule has 0 heterocycles. The van der Waals surface area contributed by atoms with E-state index >= 15 is 0 Å². The largest absolute Gasteiger partial charge is 0.393 e. The van der Waals surface area contributed by atoms with Crippen LogP contribution in [0.15, 0.2) is 34.4 Å². The highest BCUT2D eigenvalue weighted by Gasteiger charge is 2.59. The average Bonchev–Trinajstić information content (AvgIpc) is 2.79. The van der Waals surface area contributed by atoms with E-state index in [4.69, 9.17) is 0 Å². The minimum Gasteiger partial charge on any atom is -0.393 e. The number of aliphatic hydroxyl groups excluding tert-OH is 1. The summed E-state index contributed by atoms with van der Waals surface area (Å²) in [5.74, 6) is 1.76. The van der Waals surface area contributed by atoms with Crippen LogP contribution in [0.5, 0.6) is 0 Å². The van der Waals surface area contributed by atoms with E-state index in [-0.39, 0.29) is 22.7 Å². The summed E-state index contributed by atoms with van der Waals surface area (Å²) in [6.07, 6.45) is 8.97. The molecular weight excluding hydrogens is 352 g/mol. The van der Waals surface area contributed by atoms with Gasteiger partial charge < -0.3 is 5.11 Å². The third-order valence-electron chi connectivity index (χ3n) is 7.55. The second-order valence-corrected chi connectivity index (χ2v) is 9.28. The number of aliphatic hydroxyl groups is 1. The second kappa shape index (κ2) is 4.92. The fourth-order valence-corrected chi connectivity index (χ4v) is 7.13. The fourth-order valence-electron chi connectivity index (χ4n) is 6.29. The lowest BCUT2D eigenvalue weighted by molar-refractivity contribution is -0.111. The van der Waals surface area contributed by atoms with E-state index in [9.17, 15) is 9.90 Å². The molecule has 0 spiro atoms. The van der Waals surface area contributed by atoms with Crippen LogP contribution in [0.25, 0.3) is 0 Å². The summed E-state index contributed by atoms with van der Waals surface area (Å²) in [5.41, 5.74) is 2.23. The Bertz CT molecular complexity index is 661. The molecule has 6 atom stereocenters. The molecule has 0 aromatic carbocycles. The molecule has 1 N–H and O–H groups in total. The Morgan fingerprint density at radius 3 is 2.74 bits per heavy atom. The minimum atomic E-state index is -0.151. The molecule has 0 amide bonds. The number of allylic oxidation sites excluding steroid dienone is 5. The Morgan fingerprint density at radius 1 is 1.26 bits per heavy atom. The first kappa shape index (κ1) is 15.8. The van der Waals surface area contributed by atoms with E-state index in [1.54, 1.807) is 6.08 Å². The molecule has 4 aliphatic carbocycles. The van der Waals surface area contributed by atoms with Crippen LogP contribution in [0.3, 0.4) is 0 Å². The zero-order chi connectivity index (χ0) is 16.6. The van der Waals surface area contributed by atoms with Crippen molar-refractivity contribution >= 4 is 21.7 Å². The van der Waals surface area contributed by atoms with Gasteiger partial charge in [-0.05, 0) is 88.4 Å². The van der Waals surface area contributed by atoms with Crippen LogP contribution < -0.4 is 0 Å². The number of ketones is 1. The summed E-state index contributed by atoms with van der Waals surface area (Å²) in [7, 11) is 0. The van der Waals surface area contributed by atoms with Gasteiger partial charge in [-0.2, -0.15) is 0 Å². The fraction of sp³-hybridized carbons (Fsp3) is 0.650. The highest BCUT2D eigenvalue weighted by molar-refractivity contribution is 9.12. The maximum Gasteiger partial charge on any atom is 0.192 e. The Balaban J connectivity index is 1.79. The van der Waals surface area contributed by atoms with Crippen molar-refractivity contribution in [1.82, 2.24) is 0 Å². The Morgan fingerprint density at radius 2 is 2.00 bits per heavy atom. The predicted molar refractivity (Wildman–Crippen MR) is 95.0 cm³/mol. The van der Waals surface area contributed by atoms with Crippen molar-refractivity contribution in [1.29, 1.82) is 0 Å². The molecule has 0 aromatic heterocycles. The van der Waals surface area contributed by atoms with Crippen LogP contribution in [0, 0.1) is 28.6 Å². The van der Waals surface area contributed by atoms with Gasteiger partial charge >= 0.3 is 0 Å². The van der Waals surface area contributed by atoms with Gasteiger partial charge in [0.05, 0.1) is 10.6 Å². The van der Waals surface area contributed by atoms with Gasteiger partial charge in [0, 0.05) is 5.41 Å². The van der Waals surface area contributed by atoms with Gasteiger partial charge in [-0.25, -0.2) is 0 Å². The van der Waals surface area contributed by atoms with Crippen LogP contribution in [0.1, 0.15) is 46.0 Å². The van der Waals surface area contributed by atoms with Crippen molar-refractivity contribution < 1.29 is 9.90 Å². The third kappa shape index (κ3) is 1.93. The number of hydrogen-bond donors (Lipinski definition) is 1. The molecule has 0 aromatic rings. The lowest BCUT2D eigenvalue weighted by atomic mass is 9.47. The molecule has 0 unspecified atom stereocenters. The third-order valence-corrected chi connectivity index (χ3v) is 8.34. The Kier molecular flexibility index (Phi) is 3.39. The highest BCUT2D eigenvalue weighted by atomic mass is 79.9. The monoisotopic (exact) mass is 376 g/mol. The summed E-state index contributed by atoms with van der Waals surface area (Å²) in [6.45, 7) is 8.91. The molecule has 3 fully saturated rings. The van der Waals surface area contributed by atoms with Crippen molar-refractivity contribution in [3.63, 3.8) is 0 Å². The summed E-state index contributed by atoms with van der Waals surface area (Å²) < 4.78 is 0.714. The first-order valence-corrected chi connectivity index (χ1v) is 9.58. The van der Waals surface area contributed by atoms with Crippen molar-refractivity contribution in [3.05, 3.63) is 34.4 Å². The zero-order valence-corrected chi connectivity index (χ0v) is 15.5. The van der Waals surface area contributed by atoms with Crippen LogP contribution in [0.2, 0.25) is 0 Å². The molecule has 4 aliphatic rings. The van der Waals surface area contributed by atoms with Crippen LogP contribution in [-0.2, 0) is 4.79 Å². The second-order valence-electron chi connectivity index (χ2n) is 8.49. The molecule has 0 bridgehead atoms. The number of carbonyl (C=O) groups is 1. The summed E-state index contributed by atoms with van der Waals surface area (Å²) >= 11 is 3.54. The smallest absolute Gasteiger partial charge is 0.192 e. The molecule has 2 nitrogen and oxygen atoms in total. The predicted octanol–water partition coefficient (Wildman–Crippen LogP) is 4.54. The van der Waals surface area contributed by atoms with Crippen molar-refractivity contribution in [3.8, 4) is 0 Å². The first-order chi connectivity index (χ1) is 10.8. The van der Waals surface area contributed by atoms with E-state index in [2.05, 4.69) is 42.4 Å². The van der Waals surface area contributed by atoms with Gasteiger partial charge in [0.2, 0.25) is 0 Å². The minimum absolute atomic E-state index is 0.0639. The van der Waals surface area contributed by atoms with E-state index in [1.165, 1.54) is 0 Å². The SMILES string of the molecule is C=C1C[C@H]2[C@@H]3CC[C@H](O)[C@@]3(C)CC[C@@H]2[C@@]2(C)C=CC(=O)C(Br)=C12. The lowest BCUT2D eigenvalue weighted by Gasteiger charge is -2.57. The number of fused-ring (bicyclic) bond motifs is 5. The molecule has 0 saturated heterocycles. The molecule has 3 heteroatoms. The van der Waals surface area contributed by atoms with Gasteiger partial charge in [-0.3, -0.25) is 4.79 Å². The zero-order valence-electron chi connectivity index (χ0n) is 13.9. The lowest BCUT2D eigenvalue weighted by Crippen LogP contribution is -2.51. The summed E-state index contributed by atoms with van der Waals surface area (Å²) in [4.78, 5) is 12.1. The van der Waals surface area contributed by atoms with Crippen LogP contribution in [-0.4, -0.2) is 17.0 Å². The topological polar surface area (TPSA) is 37.3 Å². The van der Waals surface area contributed by atoms with E-state index in [1.807, 2.05) is 0 Å². The van der Waals surface area contributed by atoms with Crippen LogP contribution in [0.4, 0.5) is 0 Å². The molecule has 3 saturated carbocycles. The number of rotatable bonds is 0. The van der Waals surface area contributed by atoms with Crippen LogP contribution >= 0.6 is 15.9 Å². The maximum atomic E-state index is 12.1. The number of halogens is 1. The quantitative estimate of drug-likeness (QED) is 0.673. The van der Waals surface area contributed by atoms with Gasteiger partial charge in [0.15, 0.2) is 5.78 Å². The Hall–Kier alpha value is -0.670. The average molecular weight is 377 g/mol. The summed E-state index contributed by atoms with van der Waals surface area (Å²) in [5, 5.41) is 10.5. The van der Waals surface area contributed by atoms with E-state index in [0.29, 0.717) is 22.2 Å². The number of carbonyl (C=O) groups excluding carboxylic acids is 1. The summed E-state index contributed by atoms with van der Waals surface area (Å²) in [6, 6.07) is 0. The maximum absolute atomic E-state index is 12.1. The van der Waals surface area contributed by atoms with Gasteiger partial charge in [0.1, 0.15) is 0 Å². The van der Waals surface area contributed by atoms with Gasteiger partial charge in [-0.15, -0.1) is 0 Å². The highest BCUT2D eigenvalue weighted by Crippen LogP contribution is 2.65. The van der Waals surface area contributed by atoms with Gasteiger partial charge in [0.25, 0.3) is 0 Å². The molecule has 0 radical (unpaired) electrons. The standard InChI is InChI=1S/C20H25BrO2/c1-11-10-12-13-4-5-16(23)19(13,2)8-6-14(12)20(3)9-7-15(22)18(21)17(11)20/h7,9,12-14,16,23H,1,4-6,8,10H2,2-3H3/t12-,13-,14-,16-,19-,20+/m0/s1. The molecule has 4 rings (SSSR count). The van der Waals surface area contributed by atoms with Crippen molar-refractivity contribution in [2.24, 2.45) is 28.6 Å². The normalized spacial score (nSPS) is 49.0. The van der Waals surface area contributed by atoms with Crippen molar-refractivity contribution in [2.45, 2.75) is 52.1 Å². The molecule has 23 heavy (non-hydrogen) atoms. The Labute approximate surface area is 146 Å². The van der Waals surface area contributed by atoms with Crippen molar-refractivity contribution in [2.75, 3.05) is 0 Å². The molecule has 0 aliphatic heterocycles. The number of hydrogen-bond acceptors (Lipinski definition) is 2. The molecular formula is C20H25BrO2. The first-order valence-electron chi connectivity index (χ1n) is 8.79. The van der Waals surface area contributed by atoms with E-state index in [0.717, 1.165) is 43.3 Å². The molecule has 124 valence electrons.